The molecule has 1 rings (SSSR count). The van der Waals surface area contributed by atoms with Gasteiger partial charge in [0.1, 0.15) is 0 Å². The van der Waals surface area contributed by atoms with E-state index in [1.807, 2.05) is 0 Å². The van der Waals surface area contributed by atoms with E-state index in [0.717, 1.165) is 19.4 Å². The van der Waals surface area contributed by atoms with Gasteiger partial charge in [0.05, 0.1) is 0 Å². The second-order valence-electron chi connectivity index (χ2n) is 1.99. The summed E-state index contributed by atoms with van der Waals surface area (Å²) in [4.78, 5) is 9.64. The summed E-state index contributed by atoms with van der Waals surface area (Å²) < 4.78 is 14.4. The first-order chi connectivity index (χ1) is 4.93. The third kappa shape index (κ3) is 2.33. The maximum atomic E-state index is 9.64. The van der Waals surface area contributed by atoms with Crippen molar-refractivity contribution in [3.63, 3.8) is 0 Å². The average Bonchev–Trinajstić information content (AvgIpc) is 2.41. The van der Waals surface area contributed by atoms with Crippen LogP contribution in [0.4, 0.5) is 0 Å². The molecule has 0 saturated carbocycles. The molecule has 0 aromatic heterocycles. The predicted molar refractivity (Wildman–Crippen MR) is 32.1 cm³/mol. The van der Waals surface area contributed by atoms with Gasteiger partial charge in [0.2, 0.25) is 0 Å². The van der Waals surface area contributed by atoms with Crippen LogP contribution in [0.2, 0.25) is 0 Å². The summed E-state index contributed by atoms with van der Waals surface area (Å²) in [6.07, 6.45) is 1.74. The minimum atomic E-state index is -0.167. The Hall–Kier alpha value is -0.610. The van der Waals surface area contributed by atoms with Gasteiger partial charge < -0.3 is 14.2 Å². The molecule has 1 saturated heterocycles. The van der Waals surface area contributed by atoms with Crippen LogP contribution in [-0.4, -0.2) is 26.2 Å². The Morgan fingerprint density at radius 1 is 1.70 bits per heavy atom. The Kier molecular flexibility index (Phi) is 3.18. The minimum Gasteiger partial charge on any atom is -0.441 e. The second kappa shape index (κ2) is 4.24. The molecule has 1 aliphatic heterocycles. The molecule has 0 radical (unpaired) electrons. The SMILES string of the molecule is O=COCOC1CCCO1. The third-order valence-corrected chi connectivity index (χ3v) is 1.28. The highest BCUT2D eigenvalue weighted by atomic mass is 16.8. The Bertz CT molecular complexity index is 97.9. The Morgan fingerprint density at radius 2 is 2.60 bits per heavy atom. The first-order valence-electron chi connectivity index (χ1n) is 3.22. The van der Waals surface area contributed by atoms with E-state index in [-0.39, 0.29) is 13.1 Å². The summed E-state index contributed by atoms with van der Waals surface area (Å²) in [7, 11) is 0. The molecule has 0 amide bonds. The van der Waals surface area contributed by atoms with Crippen molar-refractivity contribution < 1.29 is 19.0 Å². The van der Waals surface area contributed by atoms with Crippen molar-refractivity contribution in [2.45, 2.75) is 19.1 Å². The van der Waals surface area contributed by atoms with E-state index in [1.165, 1.54) is 0 Å². The Labute approximate surface area is 59.1 Å². The molecule has 58 valence electrons. The van der Waals surface area contributed by atoms with Crippen molar-refractivity contribution in [2.24, 2.45) is 0 Å². The second-order valence-corrected chi connectivity index (χ2v) is 1.99. The number of hydrogen-bond acceptors (Lipinski definition) is 4. The first-order valence-corrected chi connectivity index (χ1v) is 3.22. The lowest BCUT2D eigenvalue weighted by Gasteiger charge is -2.08. The minimum absolute atomic E-state index is 0.00579. The summed E-state index contributed by atoms with van der Waals surface area (Å²) in [5.41, 5.74) is 0. The molecule has 0 aromatic rings. The number of ether oxygens (including phenoxy) is 3. The Balaban J connectivity index is 1.96. The van der Waals surface area contributed by atoms with Gasteiger partial charge in [-0.3, -0.25) is 4.79 Å². The van der Waals surface area contributed by atoms with E-state index in [2.05, 4.69) is 4.74 Å². The number of hydrogen-bond donors (Lipinski definition) is 0. The zero-order valence-electron chi connectivity index (χ0n) is 5.62. The van der Waals surface area contributed by atoms with Crippen molar-refractivity contribution in [1.82, 2.24) is 0 Å². The van der Waals surface area contributed by atoms with Crippen LogP contribution in [0, 0.1) is 0 Å². The van der Waals surface area contributed by atoms with Gasteiger partial charge in [-0.25, -0.2) is 0 Å². The summed E-state index contributed by atoms with van der Waals surface area (Å²) in [6.45, 7) is 1.09. The van der Waals surface area contributed by atoms with Crippen LogP contribution >= 0.6 is 0 Å². The fourth-order valence-electron chi connectivity index (χ4n) is 0.823. The van der Waals surface area contributed by atoms with E-state index in [9.17, 15) is 4.79 Å². The van der Waals surface area contributed by atoms with E-state index >= 15 is 0 Å². The standard InChI is InChI=1S/C6H10O4/c7-4-8-5-10-6-2-1-3-9-6/h4,6H,1-3,5H2. The van der Waals surface area contributed by atoms with Crippen LogP contribution in [0.3, 0.4) is 0 Å². The molecule has 0 bridgehead atoms. The predicted octanol–water partition coefficient (Wildman–Crippen LogP) is 0.270. The molecule has 0 aromatic carbocycles. The van der Waals surface area contributed by atoms with Gasteiger partial charge in [0, 0.05) is 13.0 Å². The monoisotopic (exact) mass is 146 g/mol. The maximum Gasteiger partial charge on any atom is 0.295 e. The van der Waals surface area contributed by atoms with E-state index in [4.69, 9.17) is 9.47 Å². The smallest absolute Gasteiger partial charge is 0.295 e. The van der Waals surface area contributed by atoms with Crippen LogP contribution in [0.1, 0.15) is 12.8 Å². The normalized spacial score (nSPS) is 24.6. The van der Waals surface area contributed by atoms with Crippen LogP contribution in [0.5, 0.6) is 0 Å². The van der Waals surface area contributed by atoms with Crippen LogP contribution in [-0.2, 0) is 19.0 Å². The molecular weight excluding hydrogens is 136 g/mol. The molecule has 4 heteroatoms. The average molecular weight is 146 g/mol. The summed E-state index contributed by atoms with van der Waals surface area (Å²) in [5, 5.41) is 0. The largest absolute Gasteiger partial charge is 0.441 e. The number of rotatable bonds is 4. The zero-order valence-corrected chi connectivity index (χ0v) is 5.62. The van der Waals surface area contributed by atoms with Crippen molar-refractivity contribution in [2.75, 3.05) is 13.4 Å². The quantitative estimate of drug-likeness (QED) is 0.324. The van der Waals surface area contributed by atoms with E-state index < -0.39 is 0 Å². The van der Waals surface area contributed by atoms with Gasteiger partial charge in [-0.1, -0.05) is 0 Å². The maximum absolute atomic E-state index is 9.64. The summed E-state index contributed by atoms with van der Waals surface area (Å²) in [5.74, 6) is 0. The van der Waals surface area contributed by atoms with Crippen molar-refractivity contribution in [1.29, 1.82) is 0 Å². The zero-order chi connectivity index (χ0) is 7.23. The van der Waals surface area contributed by atoms with Gasteiger partial charge in [-0.15, -0.1) is 0 Å². The molecule has 1 fully saturated rings. The van der Waals surface area contributed by atoms with Gasteiger partial charge >= 0.3 is 0 Å². The van der Waals surface area contributed by atoms with Gasteiger partial charge in [0.25, 0.3) is 6.47 Å². The fraction of sp³-hybridized carbons (Fsp3) is 0.833. The lowest BCUT2D eigenvalue weighted by atomic mass is 10.4. The highest BCUT2D eigenvalue weighted by molar-refractivity contribution is 5.36. The highest BCUT2D eigenvalue weighted by Crippen LogP contribution is 2.12. The molecule has 1 heterocycles. The van der Waals surface area contributed by atoms with E-state index in [0.29, 0.717) is 6.47 Å². The molecule has 4 nitrogen and oxygen atoms in total. The van der Waals surface area contributed by atoms with Gasteiger partial charge in [-0.2, -0.15) is 0 Å². The molecule has 0 N–H and O–H groups in total. The molecule has 0 aliphatic carbocycles. The lowest BCUT2D eigenvalue weighted by Crippen LogP contribution is -2.12. The molecular formula is C6H10O4. The first kappa shape index (κ1) is 7.50. The molecule has 10 heavy (non-hydrogen) atoms. The fourth-order valence-corrected chi connectivity index (χ4v) is 0.823. The van der Waals surface area contributed by atoms with E-state index in [1.54, 1.807) is 0 Å². The molecule has 1 aliphatic rings. The summed E-state index contributed by atoms with van der Waals surface area (Å²) in [6, 6.07) is 0. The summed E-state index contributed by atoms with van der Waals surface area (Å²) >= 11 is 0. The number of carbonyl (C=O) groups excluding carboxylic acids is 1. The number of carbonyl (C=O) groups is 1. The highest BCUT2D eigenvalue weighted by Gasteiger charge is 2.15. The van der Waals surface area contributed by atoms with Crippen molar-refractivity contribution in [3.05, 3.63) is 0 Å². The topological polar surface area (TPSA) is 44.8 Å². The van der Waals surface area contributed by atoms with Crippen LogP contribution in [0.25, 0.3) is 0 Å². The van der Waals surface area contributed by atoms with Crippen molar-refractivity contribution >= 4 is 6.47 Å². The molecule has 1 unspecified atom stereocenters. The van der Waals surface area contributed by atoms with Crippen LogP contribution < -0.4 is 0 Å². The molecule has 0 spiro atoms. The van der Waals surface area contributed by atoms with Gasteiger partial charge in [0.15, 0.2) is 13.1 Å². The Morgan fingerprint density at radius 3 is 3.20 bits per heavy atom. The van der Waals surface area contributed by atoms with Crippen LogP contribution in [0.15, 0.2) is 0 Å². The molecule has 1 atom stereocenters. The third-order valence-electron chi connectivity index (χ3n) is 1.28. The van der Waals surface area contributed by atoms with Crippen molar-refractivity contribution in [3.8, 4) is 0 Å². The van der Waals surface area contributed by atoms with Gasteiger partial charge in [-0.05, 0) is 6.42 Å². The lowest BCUT2D eigenvalue weighted by molar-refractivity contribution is -0.177.